The summed E-state index contributed by atoms with van der Waals surface area (Å²) in [6.07, 6.45) is 0. The summed E-state index contributed by atoms with van der Waals surface area (Å²) in [5.41, 5.74) is 5.90. The molecule has 5 heteroatoms. The van der Waals surface area contributed by atoms with Crippen molar-refractivity contribution < 1.29 is 13.6 Å². The molecule has 0 fully saturated rings. The molecule has 1 amide bonds. The minimum atomic E-state index is -0.605. The Bertz CT molecular complexity index is 582. The Labute approximate surface area is 102 Å². The predicted molar refractivity (Wildman–Crippen MR) is 65.2 cm³/mol. The van der Waals surface area contributed by atoms with E-state index in [1.165, 1.54) is 36.4 Å². The van der Waals surface area contributed by atoms with Gasteiger partial charge < -0.3 is 11.1 Å². The number of hydrogen-bond acceptors (Lipinski definition) is 2. The van der Waals surface area contributed by atoms with E-state index in [9.17, 15) is 13.6 Å². The summed E-state index contributed by atoms with van der Waals surface area (Å²) in [7, 11) is 0. The van der Waals surface area contributed by atoms with E-state index in [4.69, 9.17) is 5.73 Å². The molecule has 0 bridgehead atoms. The number of carbonyl (C=O) groups excluding carboxylic acids is 1. The number of amides is 1. The zero-order valence-corrected chi connectivity index (χ0v) is 9.28. The third-order valence-corrected chi connectivity index (χ3v) is 2.36. The first-order valence-corrected chi connectivity index (χ1v) is 5.18. The summed E-state index contributed by atoms with van der Waals surface area (Å²) >= 11 is 0. The van der Waals surface area contributed by atoms with Gasteiger partial charge in [0.2, 0.25) is 0 Å². The van der Waals surface area contributed by atoms with Crippen LogP contribution in [0, 0.1) is 11.6 Å². The number of halogens is 2. The lowest BCUT2D eigenvalue weighted by Crippen LogP contribution is -2.12. The van der Waals surface area contributed by atoms with Gasteiger partial charge in [0.05, 0.1) is 5.69 Å². The van der Waals surface area contributed by atoms with E-state index in [0.717, 1.165) is 6.07 Å². The second kappa shape index (κ2) is 4.83. The topological polar surface area (TPSA) is 55.1 Å². The van der Waals surface area contributed by atoms with Gasteiger partial charge in [-0.15, -0.1) is 0 Å². The second-order valence-electron chi connectivity index (χ2n) is 3.70. The number of hydrogen-bond donors (Lipinski definition) is 2. The highest BCUT2D eigenvalue weighted by Crippen LogP contribution is 2.16. The van der Waals surface area contributed by atoms with E-state index < -0.39 is 17.5 Å². The Balaban J connectivity index is 2.16. The number of nitrogens with two attached hydrogens (primary N) is 1. The van der Waals surface area contributed by atoms with Crippen molar-refractivity contribution in [3.05, 3.63) is 59.7 Å². The molecule has 0 aliphatic heterocycles. The number of benzene rings is 2. The molecule has 2 rings (SSSR count). The first kappa shape index (κ1) is 12.0. The molecule has 0 unspecified atom stereocenters. The van der Waals surface area contributed by atoms with Gasteiger partial charge in [-0.05, 0) is 42.5 Å². The SMILES string of the molecule is Nc1ccc(NC(=O)c2ccc(F)cc2)cc1F. The third kappa shape index (κ3) is 2.63. The monoisotopic (exact) mass is 248 g/mol. The summed E-state index contributed by atoms with van der Waals surface area (Å²) in [6.45, 7) is 0. The van der Waals surface area contributed by atoms with Crippen LogP contribution in [0.3, 0.4) is 0 Å². The molecular formula is C13H10F2N2O. The molecule has 0 aromatic heterocycles. The lowest BCUT2D eigenvalue weighted by atomic mass is 10.2. The molecule has 3 N–H and O–H groups in total. The molecule has 18 heavy (non-hydrogen) atoms. The lowest BCUT2D eigenvalue weighted by Gasteiger charge is -2.06. The Morgan fingerprint density at radius 2 is 1.72 bits per heavy atom. The molecule has 0 saturated heterocycles. The standard InChI is InChI=1S/C13H10F2N2O/c14-9-3-1-8(2-4-9)13(18)17-10-5-6-12(16)11(15)7-10/h1-7H,16H2,(H,17,18). The molecule has 92 valence electrons. The van der Waals surface area contributed by atoms with Crippen LogP contribution in [0.15, 0.2) is 42.5 Å². The highest BCUT2D eigenvalue weighted by Gasteiger charge is 2.07. The fraction of sp³-hybridized carbons (Fsp3) is 0. The molecule has 2 aromatic carbocycles. The Morgan fingerprint density at radius 1 is 1.06 bits per heavy atom. The van der Waals surface area contributed by atoms with Gasteiger partial charge in [0.25, 0.3) is 5.91 Å². The summed E-state index contributed by atoms with van der Waals surface area (Å²) < 4.78 is 25.8. The Kier molecular flexibility index (Phi) is 3.23. The Hall–Kier alpha value is -2.43. The first-order chi connectivity index (χ1) is 8.56. The van der Waals surface area contributed by atoms with Gasteiger partial charge in [0.15, 0.2) is 0 Å². The van der Waals surface area contributed by atoms with Crippen molar-refractivity contribution in [1.82, 2.24) is 0 Å². The van der Waals surface area contributed by atoms with Crippen molar-refractivity contribution >= 4 is 17.3 Å². The van der Waals surface area contributed by atoms with E-state index in [-0.39, 0.29) is 16.9 Å². The van der Waals surface area contributed by atoms with Crippen LogP contribution >= 0.6 is 0 Å². The van der Waals surface area contributed by atoms with Gasteiger partial charge in [0.1, 0.15) is 11.6 Å². The lowest BCUT2D eigenvalue weighted by molar-refractivity contribution is 0.102. The first-order valence-electron chi connectivity index (χ1n) is 5.18. The van der Waals surface area contributed by atoms with E-state index in [1.54, 1.807) is 0 Å². The number of rotatable bonds is 2. The van der Waals surface area contributed by atoms with Gasteiger partial charge in [-0.3, -0.25) is 4.79 Å². The van der Waals surface area contributed by atoms with Gasteiger partial charge >= 0.3 is 0 Å². The summed E-state index contributed by atoms with van der Waals surface area (Å²) in [5, 5.41) is 2.49. The van der Waals surface area contributed by atoms with Crippen molar-refractivity contribution in [3.63, 3.8) is 0 Å². The molecule has 0 saturated carbocycles. The van der Waals surface area contributed by atoms with Crippen LogP contribution in [0.1, 0.15) is 10.4 Å². The number of carbonyl (C=O) groups is 1. The van der Waals surface area contributed by atoms with Gasteiger partial charge in [-0.25, -0.2) is 8.78 Å². The van der Waals surface area contributed by atoms with Crippen molar-refractivity contribution in [2.24, 2.45) is 0 Å². The number of nitrogen functional groups attached to an aromatic ring is 1. The summed E-state index contributed by atoms with van der Waals surface area (Å²) in [6, 6.07) is 9.01. The van der Waals surface area contributed by atoms with Gasteiger partial charge in [-0.1, -0.05) is 0 Å². The van der Waals surface area contributed by atoms with Crippen LogP contribution in [0.4, 0.5) is 20.2 Å². The number of nitrogens with one attached hydrogen (secondary N) is 1. The molecule has 2 aromatic rings. The van der Waals surface area contributed by atoms with E-state index >= 15 is 0 Å². The molecule has 0 aliphatic carbocycles. The zero-order valence-electron chi connectivity index (χ0n) is 9.28. The average molecular weight is 248 g/mol. The molecule has 0 heterocycles. The van der Waals surface area contributed by atoms with Crippen LogP contribution in [-0.2, 0) is 0 Å². The largest absolute Gasteiger partial charge is 0.396 e. The molecule has 0 spiro atoms. The van der Waals surface area contributed by atoms with Crippen LogP contribution in [0.25, 0.3) is 0 Å². The van der Waals surface area contributed by atoms with Crippen LogP contribution in [0.2, 0.25) is 0 Å². The van der Waals surface area contributed by atoms with Gasteiger partial charge in [-0.2, -0.15) is 0 Å². The van der Waals surface area contributed by atoms with E-state index in [2.05, 4.69) is 5.32 Å². The maximum atomic E-state index is 13.2. The van der Waals surface area contributed by atoms with E-state index in [0.29, 0.717) is 0 Å². The quantitative estimate of drug-likeness (QED) is 0.803. The summed E-state index contributed by atoms with van der Waals surface area (Å²) in [4.78, 5) is 11.7. The summed E-state index contributed by atoms with van der Waals surface area (Å²) in [5.74, 6) is -1.48. The highest BCUT2D eigenvalue weighted by atomic mass is 19.1. The zero-order chi connectivity index (χ0) is 13.1. The normalized spacial score (nSPS) is 10.1. The highest BCUT2D eigenvalue weighted by molar-refractivity contribution is 6.04. The minimum Gasteiger partial charge on any atom is -0.396 e. The Morgan fingerprint density at radius 3 is 2.33 bits per heavy atom. The molecule has 0 aliphatic rings. The van der Waals surface area contributed by atoms with Crippen molar-refractivity contribution in [3.8, 4) is 0 Å². The van der Waals surface area contributed by atoms with Crippen LogP contribution in [0.5, 0.6) is 0 Å². The molecule has 3 nitrogen and oxygen atoms in total. The second-order valence-corrected chi connectivity index (χ2v) is 3.70. The molecular weight excluding hydrogens is 238 g/mol. The van der Waals surface area contributed by atoms with Crippen molar-refractivity contribution in [2.45, 2.75) is 0 Å². The fourth-order valence-corrected chi connectivity index (χ4v) is 1.41. The maximum absolute atomic E-state index is 13.2. The van der Waals surface area contributed by atoms with Crippen LogP contribution in [-0.4, -0.2) is 5.91 Å². The smallest absolute Gasteiger partial charge is 0.255 e. The van der Waals surface area contributed by atoms with Crippen LogP contribution < -0.4 is 11.1 Å². The average Bonchev–Trinajstić information content (AvgIpc) is 2.34. The molecule has 0 atom stereocenters. The minimum absolute atomic E-state index is 0.00906. The van der Waals surface area contributed by atoms with E-state index in [1.807, 2.05) is 0 Å². The van der Waals surface area contributed by atoms with Crippen molar-refractivity contribution in [2.75, 3.05) is 11.1 Å². The third-order valence-electron chi connectivity index (χ3n) is 2.36. The fourth-order valence-electron chi connectivity index (χ4n) is 1.41. The van der Waals surface area contributed by atoms with Crippen molar-refractivity contribution in [1.29, 1.82) is 0 Å². The number of anilines is 2. The predicted octanol–water partition coefficient (Wildman–Crippen LogP) is 2.80. The van der Waals surface area contributed by atoms with Gasteiger partial charge in [0, 0.05) is 11.3 Å². The maximum Gasteiger partial charge on any atom is 0.255 e. The molecule has 0 radical (unpaired) electrons.